The molecule has 0 heterocycles. The van der Waals surface area contributed by atoms with Crippen LogP contribution in [0.15, 0.2) is 18.2 Å². The predicted molar refractivity (Wildman–Crippen MR) is 74.1 cm³/mol. The molecule has 1 aromatic rings. The number of methoxy groups -OCH3 is 1. The molecule has 0 fully saturated rings. The Kier molecular flexibility index (Phi) is 5.95. The lowest BCUT2D eigenvalue weighted by atomic mass is 10.1. The number of carbonyl (C=O) groups is 1. The van der Waals surface area contributed by atoms with Crippen molar-refractivity contribution in [2.75, 3.05) is 12.4 Å². The Morgan fingerprint density at radius 3 is 2.89 bits per heavy atom. The maximum atomic E-state index is 11.9. The molecule has 0 saturated heterocycles. The number of nitrogens with two attached hydrogens (primary N) is 1. The largest absolute Gasteiger partial charge is 0.495 e. The standard InChI is InChI=1S/C13H19ClN2O2/c1-3-4-5-10(15)13(17)16-11-8-9(14)6-7-12(11)18-2/h6-8,10H,3-5,15H2,1-2H3,(H,16,17). The van der Waals surface area contributed by atoms with Crippen LogP contribution < -0.4 is 15.8 Å². The van der Waals surface area contributed by atoms with E-state index >= 15 is 0 Å². The third kappa shape index (κ3) is 4.20. The van der Waals surface area contributed by atoms with Gasteiger partial charge in [0.05, 0.1) is 18.8 Å². The van der Waals surface area contributed by atoms with E-state index in [1.807, 2.05) is 0 Å². The van der Waals surface area contributed by atoms with Crippen LogP contribution in [-0.2, 0) is 4.79 Å². The summed E-state index contributed by atoms with van der Waals surface area (Å²) in [7, 11) is 1.54. The van der Waals surface area contributed by atoms with Gasteiger partial charge in [-0.3, -0.25) is 4.79 Å². The summed E-state index contributed by atoms with van der Waals surface area (Å²) in [5.74, 6) is 0.347. The fraction of sp³-hybridized carbons (Fsp3) is 0.462. The molecule has 18 heavy (non-hydrogen) atoms. The number of unbranched alkanes of at least 4 members (excludes halogenated alkanes) is 1. The zero-order chi connectivity index (χ0) is 13.5. The molecule has 0 radical (unpaired) electrons. The maximum absolute atomic E-state index is 11.9. The van der Waals surface area contributed by atoms with E-state index in [4.69, 9.17) is 22.1 Å². The second-order valence-electron chi connectivity index (χ2n) is 4.08. The Balaban J connectivity index is 2.71. The molecule has 0 aliphatic heterocycles. The summed E-state index contributed by atoms with van der Waals surface area (Å²) in [4.78, 5) is 11.9. The molecule has 1 rings (SSSR count). The van der Waals surface area contributed by atoms with Crippen LogP contribution in [0, 0.1) is 0 Å². The third-order valence-electron chi connectivity index (χ3n) is 2.62. The Labute approximate surface area is 112 Å². The zero-order valence-electron chi connectivity index (χ0n) is 10.7. The Morgan fingerprint density at radius 1 is 1.56 bits per heavy atom. The number of hydrogen-bond acceptors (Lipinski definition) is 3. The first-order valence-electron chi connectivity index (χ1n) is 5.98. The van der Waals surface area contributed by atoms with Crippen molar-refractivity contribution in [3.63, 3.8) is 0 Å². The normalized spacial score (nSPS) is 12.0. The summed E-state index contributed by atoms with van der Waals surface area (Å²) >= 11 is 5.88. The minimum atomic E-state index is -0.506. The SMILES string of the molecule is CCCCC(N)C(=O)Nc1cc(Cl)ccc1OC. The molecule has 0 aromatic heterocycles. The van der Waals surface area contributed by atoms with Crippen molar-refractivity contribution < 1.29 is 9.53 Å². The van der Waals surface area contributed by atoms with Gasteiger partial charge >= 0.3 is 0 Å². The van der Waals surface area contributed by atoms with Crippen molar-refractivity contribution in [3.8, 4) is 5.75 Å². The molecule has 0 aliphatic carbocycles. The molecule has 0 spiro atoms. The van der Waals surface area contributed by atoms with E-state index in [9.17, 15) is 4.79 Å². The van der Waals surface area contributed by atoms with Crippen molar-refractivity contribution in [3.05, 3.63) is 23.2 Å². The molecule has 3 N–H and O–H groups in total. The highest BCUT2D eigenvalue weighted by Gasteiger charge is 2.15. The lowest BCUT2D eigenvalue weighted by molar-refractivity contribution is -0.117. The number of anilines is 1. The lowest BCUT2D eigenvalue weighted by Crippen LogP contribution is -2.35. The number of hydrogen-bond donors (Lipinski definition) is 2. The van der Waals surface area contributed by atoms with Gasteiger partial charge in [0, 0.05) is 5.02 Å². The van der Waals surface area contributed by atoms with Crippen molar-refractivity contribution in [1.29, 1.82) is 0 Å². The minimum Gasteiger partial charge on any atom is -0.495 e. The van der Waals surface area contributed by atoms with Gasteiger partial charge in [0.1, 0.15) is 5.75 Å². The van der Waals surface area contributed by atoms with Crippen molar-refractivity contribution in [2.24, 2.45) is 5.73 Å². The second kappa shape index (κ2) is 7.24. The zero-order valence-corrected chi connectivity index (χ0v) is 11.5. The number of ether oxygens (including phenoxy) is 1. The van der Waals surface area contributed by atoms with Gasteiger partial charge in [0.2, 0.25) is 5.91 Å². The summed E-state index contributed by atoms with van der Waals surface area (Å²) in [5, 5.41) is 3.27. The van der Waals surface area contributed by atoms with Crippen LogP contribution >= 0.6 is 11.6 Å². The first-order valence-corrected chi connectivity index (χ1v) is 6.36. The van der Waals surface area contributed by atoms with E-state index in [1.165, 1.54) is 7.11 Å². The summed E-state index contributed by atoms with van der Waals surface area (Å²) < 4.78 is 5.15. The summed E-state index contributed by atoms with van der Waals surface area (Å²) in [6.45, 7) is 2.06. The van der Waals surface area contributed by atoms with Crippen LogP contribution in [0.25, 0.3) is 0 Å². The smallest absolute Gasteiger partial charge is 0.241 e. The Morgan fingerprint density at radius 2 is 2.28 bits per heavy atom. The molecule has 0 aliphatic rings. The number of benzene rings is 1. The number of amides is 1. The summed E-state index contributed by atoms with van der Waals surface area (Å²) in [6, 6.07) is 4.54. The van der Waals surface area contributed by atoms with Gasteiger partial charge < -0.3 is 15.8 Å². The number of carbonyl (C=O) groups excluding carboxylic acids is 1. The van der Waals surface area contributed by atoms with E-state index in [-0.39, 0.29) is 5.91 Å². The van der Waals surface area contributed by atoms with Crippen LogP contribution in [0.4, 0.5) is 5.69 Å². The molecule has 1 amide bonds. The molecule has 0 saturated carbocycles. The molecular weight excluding hydrogens is 252 g/mol. The highest BCUT2D eigenvalue weighted by molar-refractivity contribution is 6.31. The molecular formula is C13H19ClN2O2. The van der Waals surface area contributed by atoms with Crippen LogP contribution in [0.5, 0.6) is 5.75 Å². The highest BCUT2D eigenvalue weighted by Crippen LogP contribution is 2.27. The topological polar surface area (TPSA) is 64.4 Å². The quantitative estimate of drug-likeness (QED) is 0.835. The monoisotopic (exact) mass is 270 g/mol. The van der Waals surface area contributed by atoms with E-state index in [0.29, 0.717) is 22.9 Å². The van der Waals surface area contributed by atoms with Crippen LogP contribution in [0.1, 0.15) is 26.2 Å². The maximum Gasteiger partial charge on any atom is 0.241 e. The fourth-order valence-corrected chi connectivity index (χ4v) is 1.73. The van der Waals surface area contributed by atoms with E-state index in [2.05, 4.69) is 12.2 Å². The molecule has 4 nitrogen and oxygen atoms in total. The summed E-state index contributed by atoms with van der Waals surface area (Å²) in [5.41, 5.74) is 6.34. The van der Waals surface area contributed by atoms with E-state index in [0.717, 1.165) is 12.8 Å². The van der Waals surface area contributed by atoms with Crippen LogP contribution in [-0.4, -0.2) is 19.1 Å². The molecule has 1 unspecified atom stereocenters. The molecule has 1 atom stereocenters. The van der Waals surface area contributed by atoms with Crippen molar-refractivity contribution in [2.45, 2.75) is 32.2 Å². The average molecular weight is 271 g/mol. The van der Waals surface area contributed by atoms with Gasteiger partial charge in [0.15, 0.2) is 0 Å². The van der Waals surface area contributed by atoms with Gasteiger partial charge in [-0.25, -0.2) is 0 Å². The third-order valence-corrected chi connectivity index (χ3v) is 2.86. The van der Waals surface area contributed by atoms with E-state index in [1.54, 1.807) is 18.2 Å². The van der Waals surface area contributed by atoms with Gasteiger partial charge in [-0.15, -0.1) is 0 Å². The van der Waals surface area contributed by atoms with Crippen molar-refractivity contribution in [1.82, 2.24) is 0 Å². The van der Waals surface area contributed by atoms with Crippen molar-refractivity contribution >= 4 is 23.2 Å². The van der Waals surface area contributed by atoms with Gasteiger partial charge in [-0.05, 0) is 24.6 Å². The fourth-order valence-electron chi connectivity index (χ4n) is 1.56. The van der Waals surface area contributed by atoms with Gasteiger partial charge in [-0.1, -0.05) is 31.4 Å². The highest BCUT2D eigenvalue weighted by atomic mass is 35.5. The molecule has 0 bridgehead atoms. The molecule has 5 heteroatoms. The van der Waals surface area contributed by atoms with Crippen LogP contribution in [0.2, 0.25) is 5.02 Å². The average Bonchev–Trinajstić information content (AvgIpc) is 2.36. The van der Waals surface area contributed by atoms with E-state index < -0.39 is 6.04 Å². The van der Waals surface area contributed by atoms with Crippen LogP contribution in [0.3, 0.4) is 0 Å². The summed E-state index contributed by atoms with van der Waals surface area (Å²) in [6.07, 6.45) is 2.62. The van der Waals surface area contributed by atoms with Gasteiger partial charge in [-0.2, -0.15) is 0 Å². The first-order chi connectivity index (χ1) is 8.58. The number of halogens is 1. The minimum absolute atomic E-state index is 0.219. The lowest BCUT2D eigenvalue weighted by Gasteiger charge is -2.14. The Bertz CT molecular complexity index is 410. The van der Waals surface area contributed by atoms with Gasteiger partial charge in [0.25, 0.3) is 0 Å². The molecule has 100 valence electrons. The Hall–Kier alpha value is -1.26. The molecule has 1 aromatic carbocycles. The number of nitrogens with one attached hydrogen (secondary N) is 1. The number of rotatable bonds is 6. The second-order valence-corrected chi connectivity index (χ2v) is 4.52. The first kappa shape index (κ1) is 14.8. The predicted octanol–water partition coefficient (Wildman–Crippen LogP) is 2.80.